The Bertz CT molecular complexity index is 278. The van der Waals surface area contributed by atoms with Gasteiger partial charge in [0, 0.05) is 17.1 Å². The average Bonchev–Trinajstić information content (AvgIpc) is 1.96. The molecule has 66 valence electrons. The summed E-state index contributed by atoms with van der Waals surface area (Å²) >= 11 is 3.22. The smallest absolute Gasteiger partial charge is 0.127 e. The maximum atomic E-state index is 13.0. The Morgan fingerprint density at radius 1 is 1.58 bits per heavy atom. The number of hydrogen-bond acceptors (Lipinski definition) is 2. The molecule has 1 aromatic carbocycles. The number of hydroxylamine groups is 2. The molecule has 0 heterocycles. The Hall–Kier alpha value is -0.450. The summed E-state index contributed by atoms with van der Waals surface area (Å²) in [6.07, 6.45) is 0. The fourth-order valence-electron chi connectivity index (χ4n) is 0.911. The zero-order valence-electron chi connectivity index (χ0n) is 6.59. The zero-order valence-corrected chi connectivity index (χ0v) is 8.18. The minimum Gasteiger partial charge on any atom is -0.314 e. The van der Waals surface area contributed by atoms with Gasteiger partial charge in [-0.05, 0) is 18.2 Å². The molecule has 4 heteroatoms. The lowest BCUT2D eigenvalue weighted by atomic mass is 10.2. The van der Waals surface area contributed by atoms with Crippen molar-refractivity contribution in [3.8, 4) is 0 Å². The van der Waals surface area contributed by atoms with E-state index >= 15 is 0 Å². The number of hydrogen-bond donors (Lipinski definition) is 1. The maximum absolute atomic E-state index is 13.0. The van der Waals surface area contributed by atoms with Gasteiger partial charge in [0.15, 0.2) is 0 Å². The molecular formula is C8H9BrFNO. The van der Waals surface area contributed by atoms with Crippen LogP contribution in [0.25, 0.3) is 0 Å². The van der Waals surface area contributed by atoms with Crippen LogP contribution in [0.1, 0.15) is 5.56 Å². The van der Waals surface area contributed by atoms with Gasteiger partial charge in [0.25, 0.3) is 0 Å². The summed E-state index contributed by atoms with van der Waals surface area (Å²) in [6, 6.07) is 4.63. The van der Waals surface area contributed by atoms with E-state index in [9.17, 15) is 4.39 Å². The van der Waals surface area contributed by atoms with E-state index in [4.69, 9.17) is 5.21 Å². The van der Waals surface area contributed by atoms with Gasteiger partial charge in [0.2, 0.25) is 0 Å². The van der Waals surface area contributed by atoms with E-state index in [1.165, 1.54) is 13.1 Å². The molecule has 0 amide bonds. The Labute approximate surface area is 78.7 Å². The van der Waals surface area contributed by atoms with Crippen LogP contribution in [-0.2, 0) is 6.54 Å². The van der Waals surface area contributed by atoms with Gasteiger partial charge < -0.3 is 5.21 Å². The molecule has 1 aromatic rings. The Balaban J connectivity index is 2.90. The summed E-state index contributed by atoms with van der Waals surface area (Å²) in [5.41, 5.74) is 0.467. The Morgan fingerprint density at radius 2 is 2.25 bits per heavy atom. The van der Waals surface area contributed by atoms with Crippen molar-refractivity contribution < 1.29 is 9.60 Å². The van der Waals surface area contributed by atoms with Crippen molar-refractivity contribution in [2.45, 2.75) is 6.54 Å². The normalized spacial score (nSPS) is 10.8. The molecule has 0 radical (unpaired) electrons. The second-order valence-electron chi connectivity index (χ2n) is 2.55. The number of nitrogens with zero attached hydrogens (tertiary/aromatic N) is 1. The van der Waals surface area contributed by atoms with Gasteiger partial charge in [-0.3, -0.25) is 0 Å². The minimum atomic E-state index is -0.306. The number of rotatable bonds is 2. The molecule has 0 saturated heterocycles. The van der Waals surface area contributed by atoms with Crippen molar-refractivity contribution >= 4 is 15.9 Å². The van der Waals surface area contributed by atoms with E-state index in [1.54, 1.807) is 12.1 Å². The second-order valence-corrected chi connectivity index (χ2v) is 3.47. The van der Waals surface area contributed by atoms with E-state index in [0.717, 1.165) is 9.54 Å². The maximum Gasteiger partial charge on any atom is 0.127 e. The van der Waals surface area contributed by atoms with E-state index in [1.807, 2.05) is 0 Å². The molecule has 0 unspecified atom stereocenters. The molecule has 0 aromatic heterocycles. The van der Waals surface area contributed by atoms with Crippen LogP contribution in [0.5, 0.6) is 0 Å². The fourth-order valence-corrected chi connectivity index (χ4v) is 1.32. The Morgan fingerprint density at radius 3 is 2.83 bits per heavy atom. The van der Waals surface area contributed by atoms with E-state index in [-0.39, 0.29) is 12.4 Å². The fraction of sp³-hybridized carbons (Fsp3) is 0.250. The van der Waals surface area contributed by atoms with Crippen molar-refractivity contribution in [1.82, 2.24) is 5.06 Å². The van der Waals surface area contributed by atoms with Gasteiger partial charge in [-0.25, -0.2) is 4.39 Å². The average molecular weight is 234 g/mol. The molecule has 0 aliphatic heterocycles. The summed E-state index contributed by atoms with van der Waals surface area (Å²) in [5.74, 6) is -0.306. The van der Waals surface area contributed by atoms with E-state index in [2.05, 4.69) is 15.9 Å². The lowest BCUT2D eigenvalue weighted by Gasteiger charge is -2.08. The third-order valence-corrected chi connectivity index (χ3v) is 1.90. The first-order valence-corrected chi connectivity index (χ1v) is 4.23. The molecule has 0 fully saturated rings. The first-order valence-electron chi connectivity index (χ1n) is 3.43. The van der Waals surface area contributed by atoms with Crippen LogP contribution in [0, 0.1) is 5.82 Å². The summed E-state index contributed by atoms with van der Waals surface area (Å²) < 4.78 is 13.8. The molecule has 1 N–H and O–H groups in total. The highest BCUT2D eigenvalue weighted by atomic mass is 79.9. The summed E-state index contributed by atoms with van der Waals surface area (Å²) in [6.45, 7) is 0.186. The molecule has 0 spiro atoms. The molecular weight excluding hydrogens is 225 g/mol. The first-order chi connectivity index (χ1) is 5.59. The van der Waals surface area contributed by atoms with Gasteiger partial charge in [-0.15, -0.1) is 0 Å². The third-order valence-electron chi connectivity index (χ3n) is 1.41. The number of benzene rings is 1. The zero-order chi connectivity index (χ0) is 9.14. The Kier molecular flexibility index (Phi) is 3.20. The molecule has 2 nitrogen and oxygen atoms in total. The van der Waals surface area contributed by atoms with Gasteiger partial charge in [-0.2, -0.15) is 5.06 Å². The van der Waals surface area contributed by atoms with Crippen LogP contribution in [0.2, 0.25) is 0 Å². The lowest BCUT2D eigenvalue weighted by molar-refractivity contribution is -0.0738. The summed E-state index contributed by atoms with van der Waals surface area (Å²) in [5, 5.41) is 9.81. The van der Waals surface area contributed by atoms with Crippen LogP contribution >= 0.6 is 15.9 Å². The highest BCUT2D eigenvalue weighted by Crippen LogP contribution is 2.16. The number of halogens is 2. The first kappa shape index (κ1) is 9.64. The van der Waals surface area contributed by atoms with Crippen LogP contribution in [-0.4, -0.2) is 17.3 Å². The summed E-state index contributed by atoms with van der Waals surface area (Å²) in [4.78, 5) is 0. The van der Waals surface area contributed by atoms with Crippen LogP contribution in [0.3, 0.4) is 0 Å². The molecule has 0 aliphatic rings. The quantitative estimate of drug-likeness (QED) is 0.794. The van der Waals surface area contributed by atoms with Crippen molar-refractivity contribution in [2.75, 3.05) is 7.05 Å². The monoisotopic (exact) mass is 233 g/mol. The van der Waals surface area contributed by atoms with Crippen molar-refractivity contribution in [3.05, 3.63) is 34.1 Å². The van der Waals surface area contributed by atoms with Gasteiger partial charge >= 0.3 is 0 Å². The third kappa shape index (κ3) is 2.55. The highest BCUT2D eigenvalue weighted by Gasteiger charge is 2.03. The predicted octanol–water partition coefficient (Wildman–Crippen LogP) is 2.41. The summed E-state index contributed by atoms with van der Waals surface area (Å²) in [7, 11) is 1.47. The lowest BCUT2D eigenvalue weighted by Crippen LogP contribution is -2.12. The predicted molar refractivity (Wildman–Crippen MR) is 47.4 cm³/mol. The van der Waals surface area contributed by atoms with E-state index < -0.39 is 0 Å². The van der Waals surface area contributed by atoms with Crippen molar-refractivity contribution in [3.63, 3.8) is 0 Å². The van der Waals surface area contributed by atoms with Crippen LogP contribution < -0.4 is 0 Å². The van der Waals surface area contributed by atoms with Crippen LogP contribution in [0.15, 0.2) is 22.7 Å². The van der Waals surface area contributed by atoms with Crippen LogP contribution in [0.4, 0.5) is 4.39 Å². The topological polar surface area (TPSA) is 23.5 Å². The minimum absolute atomic E-state index is 0.186. The molecule has 12 heavy (non-hydrogen) atoms. The van der Waals surface area contributed by atoms with E-state index in [0.29, 0.717) is 5.56 Å². The molecule has 0 aliphatic carbocycles. The second kappa shape index (κ2) is 3.98. The molecule has 0 saturated carbocycles. The van der Waals surface area contributed by atoms with Crippen molar-refractivity contribution in [2.24, 2.45) is 0 Å². The standard InChI is InChI=1S/C8H9BrFNO/c1-11(12)5-6-4-7(9)2-3-8(6)10/h2-4,12H,5H2,1H3. The SMILES string of the molecule is CN(O)Cc1cc(Br)ccc1F. The highest BCUT2D eigenvalue weighted by molar-refractivity contribution is 9.10. The van der Waals surface area contributed by atoms with Gasteiger partial charge in [0.05, 0.1) is 6.54 Å². The molecule has 1 rings (SSSR count). The van der Waals surface area contributed by atoms with Crippen molar-refractivity contribution in [1.29, 1.82) is 0 Å². The molecule has 0 atom stereocenters. The van der Waals surface area contributed by atoms with Gasteiger partial charge in [-0.1, -0.05) is 15.9 Å². The molecule has 0 bridgehead atoms. The largest absolute Gasteiger partial charge is 0.314 e. The van der Waals surface area contributed by atoms with Gasteiger partial charge in [0.1, 0.15) is 5.82 Å².